The zero-order valence-corrected chi connectivity index (χ0v) is 8.95. The van der Waals surface area contributed by atoms with E-state index in [1.165, 1.54) is 0 Å². The molecule has 0 radical (unpaired) electrons. The van der Waals surface area contributed by atoms with Gasteiger partial charge in [0.2, 0.25) is 0 Å². The van der Waals surface area contributed by atoms with Crippen LogP contribution in [0.2, 0.25) is 0 Å². The van der Waals surface area contributed by atoms with Crippen molar-refractivity contribution in [3.05, 3.63) is 24.2 Å². The number of carbonyl (C=O) groups excluding carboxylic acids is 1. The highest BCUT2D eigenvalue weighted by Crippen LogP contribution is 2.11. The molecule has 0 saturated carbocycles. The minimum absolute atomic E-state index is 0.343. The summed E-state index contributed by atoms with van der Waals surface area (Å²) < 4.78 is 5.16. The van der Waals surface area contributed by atoms with E-state index >= 15 is 0 Å². The number of hydrogen-bond donors (Lipinski definition) is 0. The maximum atomic E-state index is 11.5. The molecule has 0 aliphatic rings. The zero-order chi connectivity index (χ0) is 10.4. The lowest BCUT2D eigenvalue weighted by Gasteiger charge is -2.05. The fourth-order valence-electron chi connectivity index (χ4n) is 1.35. The van der Waals surface area contributed by atoms with Crippen LogP contribution in [0.4, 0.5) is 0 Å². The second-order valence-electron chi connectivity index (χ2n) is 3.84. The van der Waals surface area contributed by atoms with Crippen molar-refractivity contribution in [1.82, 2.24) is 0 Å². The molecule has 1 heterocycles. The summed E-state index contributed by atoms with van der Waals surface area (Å²) in [5, 5.41) is 0. The fourth-order valence-corrected chi connectivity index (χ4v) is 1.35. The van der Waals surface area contributed by atoms with Crippen LogP contribution >= 0.6 is 0 Å². The van der Waals surface area contributed by atoms with Crippen molar-refractivity contribution in [3.63, 3.8) is 0 Å². The lowest BCUT2D eigenvalue weighted by Crippen LogP contribution is -2.05. The van der Waals surface area contributed by atoms with Gasteiger partial charge in [0.25, 0.3) is 0 Å². The first kappa shape index (κ1) is 11.0. The predicted molar refractivity (Wildman–Crippen MR) is 56.1 cm³/mol. The highest BCUT2D eigenvalue weighted by Gasteiger charge is 2.08. The Bertz CT molecular complexity index is 262. The van der Waals surface area contributed by atoms with E-state index in [1.807, 2.05) is 12.1 Å². The van der Waals surface area contributed by atoms with Crippen molar-refractivity contribution in [2.45, 2.75) is 39.5 Å². The van der Waals surface area contributed by atoms with Crippen LogP contribution in [-0.4, -0.2) is 5.78 Å². The third kappa shape index (κ3) is 3.77. The average molecular weight is 194 g/mol. The number of ketones is 1. The van der Waals surface area contributed by atoms with E-state index in [0.717, 1.165) is 18.6 Å². The van der Waals surface area contributed by atoms with E-state index < -0.39 is 0 Å². The molecule has 0 saturated heterocycles. The number of aryl methyl sites for hydroxylation is 1. The summed E-state index contributed by atoms with van der Waals surface area (Å²) in [7, 11) is 0. The topological polar surface area (TPSA) is 30.2 Å². The molecular formula is C12H18O2. The molecule has 0 aromatic carbocycles. The van der Waals surface area contributed by atoms with E-state index in [2.05, 4.69) is 13.8 Å². The van der Waals surface area contributed by atoms with Gasteiger partial charge in [-0.25, -0.2) is 0 Å². The standard InChI is InChI=1S/C12H18O2/c1-3-10(2)9-11(13)6-7-12-5-4-8-14-12/h4-5,8,10H,3,6-7,9H2,1-2H3. The summed E-state index contributed by atoms with van der Waals surface area (Å²) in [4.78, 5) is 11.5. The minimum atomic E-state index is 0.343. The molecule has 14 heavy (non-hydrogen) atoms. The Morgan fingerprint density at radius 1 is 1.57 bits per heavy atom. The first-order valence-corrected chi connectivity index (χ1v) is 5.26. The van der Waals surface area contributed by atoms with Gasteiger partial charge in [-0.2, -0.15) is 0 Å². The van der Waals surface area contributed by atoms with E-state index in [4.69, 9.17) is 4.42 Å². The van der Waals surface area contributed by atoms with E-state index in [1.54, 1.807) is 6.26 Å². The van der Waals surface area contributed by atoms with Gasteiger partial charge >= 0.3 is 0 Å². The molecule has 0 amide bonds. The lowest BCUT2D eigenvalue weighted by molar-refractivity contribution is -0.119. The van der Waals surface area contributed by atoms with Gasteiger partial charge in [0.15, 0.2) is 0 Å². The molecule has 0 aliphatic carbocycles. The van der Waals surface area contributed by atoms with Crippen LogP contribution in [0.15, 0.2) is 22.8 Å². The Kier molecular flexibility index (Phi) is 4.44. The first-order valence-electron chi connectivity index (χ1n) is 5.26. The number of hydrogen-bond acceptors (Lipinski definition) is 2. The number of carbonyl (C=O) groups is 1. The van der Waals surface area contributed by atoms with Gasteiger partial charge in [0.1, 0.15) is 11.5 Å². The summed E-state index contributed by atoms with van der Waals surface area (Å²) in [5.41, 5.74) is 0. The van der Waals surface area contributed by atoms with Crippen molar-refractivity contribution in [2.75, 3.05) is 0 Å². The molecular weight excluding hydrogens is 176 g/mol. The summed E-state index contributed by atoms with van der Waals surface area (Å²) in [6, 6.07) is 3.77. The molecule has 0 aliphatic heterocycles. The third-order valence-corrected chi connectivity index (χ3v) is 2.50. The first-order chi connectivity index (χ1) is 6.72. The smallest absolute Gasteiger partial charge is 0.133 e. The van der Waals surface area contributed by atoms with Crippen molar-refractivity contribution >= 4 is 5.78 Å². The number of Topliss-reactive ketones (excluding diaryl/α,β-unsaturated/α-hetero) is 1. The second-order valence-corrected chi connectivity index (χ2v) is 3.84. The zero-order valence-electron chi connectivity index (χ0n) is 8.95. The monoisotopic (exact) mass is 194 g/mol. The largest absolute Gasteiger partial charge is 0.469 e. The van der Waals surface area contributed by atoms with E-state index in [0.29, 0.717) is 24.5 Å². The van der Waals surface area contributed by atoms with Crippen LogP contribution in [0.25, 0.3) is 0 Å². The maximum Gasteiger partial charge on any atom is 0.133 e. The molecule has 78 valence electrons. The fraction of sp³-hybridized carbons (Fsp3) is 0.583. The van der Waals surface area contributed by atoms with Gasteiger partial charge in [-0.3, -0.25) is 4.79 Å². The summed E-state index contributed by atoms with van der Waals surface area (Å²) >= 11 is 0. The molecule has 0 bridgehead atoms. The Morgan fingerprint density at radius 2 is 2.36 bits per heavy atom. The molecule has 1 atom stereocenters. The van der Waals surface area contributed by atoms with Gasteiger partial charge in [0, 0.05) is 19.3 Å². The molecule has 0 fully saturated rings. The summed E-state index contributed by atoms with van der Waals surface area (Å²) in [6.45, 7) is 4.23. The summed E-state index contributed by atoms with van der Waals surface area (Å²) in [5.74, 6) is 1.76. The molecule has 1 aromatic heterocycles. The van der Waals surface area contributed by atoms with Crippen molar-refractivity contribution in [1.29, 1.82) is 0 Å². The van der Waals surface area contributed by atoms with E-state index in [-0.39, 0.29) is 0 Å². The van der Waals surface area contributed by atoms with Crippen LogP contribution in [0, 0.1) is 5.92 Å². The van der Waals surface area contributed by atoms with Crippen LogP contribution in [0.3, 0.4) is 0 Å². The normalized spacial score (nSPS) is 12.7. The Hall–Kier alpha value is -1.05. The SMILES string of the molecule is CCC(C)CC(=O)CCc1ccco1. The van der Waals surface area contributed by atoms with Gasteiger partial charge in [-0.05, 0) is 18.1 Å². The molecule has 2 heteroatoms. The maximum absolute atomic E-state index is 11.5. The molecule has 1 rings (SSSR count). The van der Waals surface area contributed by atoms with Crippen molar-refractivity contribution < 1.29 is 9.21 Å². The highest BCUT2D eigenvalue weighted by molar-refractivity contribution is 5.78. The van der Waals surface area contributed by atoms with Gasteiger partial charge < -0.3 is 4.42 Å². The molecule has 0 spiro atoms. The number of furan rings is 1. The Labute approximate surface area is 85.3 Å². The van der Waals surface area contributed by atoms with Crippen LogP contribution in [0.1, 0.15) is 38.9 Å². The van der Waals surface area contributed by atoms with E-state index in [9.17, 15) is 4.79 Å². The second kappa shape index (κ2) is 5.63. The number of rotatable bonds is 6. The third-order valence-electron chi connectivity index (χ3n) is 2.50. The Morgan fingerprint density at radius 3 is 2.93 bits per heavy atom. The van der Waals surface area contributed by atoms with Crippen molar-refractivity contribution in [3.8, 4) is 0 Å². The Balaban J connectivity index is 2.22. The van der Waals surface area contributed by atoms with Crippen molar-refractivity contribution in [2.24, 2.45) is 5.92 Å². The molecule has 0 N–H and O–H groups in total. The van der Waals surface area contributed by atoms with Crippen LogP contribution < -0.4 is 0 Å². The lowest BCUT2D eigenvalue weighted by atomic mass is 9.99. The predicted octanol–water partition coefficient (Wildman–Crippen LogP) is 3.22. The molecule has 1 unspecified atom stereocenters. The average Bonchev–Trinajstić information content (AvgIpc) is 2.67. The van der Waals surface area contributed by atoms with Crippen LogP contribution in [-0.2, 0) is 11.2 Å². The van der Waals surface area contributed by atoms with Gasteiger partial charge in [-0.15, -0.1) is 0 Å². The minimum Gasteiger partial charge on any atom is -0.469 e. The van der Waals surface area contributed by atoms with Gasteiger partial charge in [-0.1, -0.05) is 20.3 Å². The molecule has 1 aromatic rings. The quantitative estimate of drug-likeness (QED) is 0.696. The molecule has 2 nitrogen and oxygen atoms in total. The summed E-state index contributed by atoms with van der Waals surface area (Å²) in [6.07, 6.45) is 4.78. The highest BCUT2D eigenvalue weighted by atomic mass is 16.3. The van der Waals surface area contributed by atoms with Gasteiger partial charge in [0.05, 0.1) is 6.26 Å². The van der Waals surface area contributed by atoms with Crippen LogP contribution in [0.5, 0.6) is 0 Å².